The number of fused-ring (bicyclic) bond motifs is 1. The molecule has 1 saturated heterocycles. The molecule has 5 heteroatoms. The van der Waals surface area contributed by atoms with Gasteiger partial charge in [0, 0.05) is 31.2 Å². The van der Waals surface area contributed by atoms with E-state index in [-0.39, 0.29) is 5.92 Å². The van der Waals surface area contributed by atoms with Gasteiger partial charge in [0.15, 0.2) is 0 Å². The molecule has 5 nitrogen and oxygen atoms in total. The number of benzene rings is 1. The number of carbonyl (C=O) groups excluding carboxylic acids is 2. The van der Waals surface area contributed by atoms with E-state index in [2.05, 4.69) is 0 Å². The maximum absolute atomic E-state index is 12.7. The average molecular weight is 316 g/mol. The van der Waals surface area contributed by atoms with E-state index in [9.17, 15) is 14.7 Å². The fraction of sp³-hybridized carbons (Fsp3) is 0.556. The van der Waals surface area contributed by atoms with E-state index in [1.54, 1.807) is 16.7 Å². The molecule has 2 heterocycles. The number of hydrogen-bond donors (Lipinski definition) is 1. The lowest BCUT2D eigenvalue weighted by Crippen LogP contribution is -2.49. The third kappa shape index (κ3) is 2.98. The Balaban J connectivity index is 1.74. The zero-order chi connectivity index (χ0) is 16.6. The van der Waals surface area contributed by atoms with Crippen LogP contribution in [0.1, 0.15) is 30.9 Å². The molecule has 1 aromatic rings. The van der Waals surface area contributed by atoms with Gasteiger partial charge in [0.25, 0.3) is 0 Å². The standard InChI is InChI=1S/C18H24N2O3/c1-12-5-3-7-16-15(12)8-10-20(16)18(23)17(22)19-9-4-6-14(11-19)13(2)21/h3,5,7,13-14,21H,4,6,8-11H2,1-2H3. The van der Waals surface area contributed by atoms with E-state index < -0.39 is 17.9 Å². The van der Waals surface area contributed by atoms with Crippen LogP contribution in [-0.2, 0) is 16.0 Å². The first-order valence-corrected chi connectivity index (χ1v) is 8.36. The Kier molecular flexibility index (Phi) is 4.39. The Morgan fingerprint density at radius 2 is 2.04 bits per heavy atom. The van der Waals surface area contributed by atoms with Crippen molar-refractivity contribution >= 4 is 17.5 Å². The number of likely N-dealkylation sites (tertiary alicyclic amines) is 1. The number of aliphatic hydroxyl groups is 1. The summed E-state index contributed by atoms with van der Waals surface area (Å²) < 4.78 is 0. The molecule has 1 N–H and O–H groups in total. The molecule has 23 heavy (non-hydrogen) atoms. The number of nitrogens with zero attached hydrogens (tertiary/aromatic N) is 2. The van der Waals surface area contributed by atoms with Gasteiger partial charge < -0.3 is 14.9 Å². The lowest BCUT2D eigenvalue weighted by molar-refractivity contribution is -0.146. The molecule has 0 aromatic heterocycles. The second kappa shape index (κ2) is 6.32. The molecule has 1 fully saturated rings. The highest BCUT2D eigenvalue weighted by Crippen LogP contribution is 2.31. The minimum absolute atomic E-state index is 0.0635. The van der Waals surface area contributed by atoms with Crippen molar-refractivity contribution in [3.8, 4) is 0 Å². The highest BCUT2D eigenvalue weighted by Gasteiger charge is 2.35. The average Bonchev–Trinajstić information content (AvgIpc) is 2.99. The normalized spacial score (nSPS) is 22.0. The third-order valence-electron chi connectivity index (χ3n) is 5.12. The molecule has 2 amide bonds. The van der Waals surface area contributed by atoms with Gasteiger partial charge in [-0.15, -0.1) is 0 Å². The van der Waals surface area contributed by atoms with Crippen LogP contribution in [0.25, 0.3) is 0 Å². The fourth-order valence-corrected chi connectivity index (χ4v) is 3.66. The van der Waals surface area contributed by atoms with Crippen molar-refractivity contribution in [1.29, 1.82) is 0 Å². The molecular weight excluding hydrogens is 292 g/mol. The van der Waals surface area contributed by atoms with E-state index in [1.165, 1.54) is 0 Å². The minimum atomic E-state index is -0.448. The van der Waals surface area contributed by atoms with E-state index in [4.69, 9.17) is 0 Å². The summed E-state index contributed by atoms with van der Waals surface area (Å²) in [5, 5.41) is 9.75. The third-order valence-corrected chi connectivity index (χ3v) is 5.12. The summed E-state index contributed by atoms with van der Waals surface area (Å²) >= 11 is 0. The van der Waals surface area contributed by atoms with Crippen LogP contribution in [0.2, 0.25) is 0 Å². The summed E-state index contributed by atoms with van der Waals surface area (Å²) in [6.45, 7) is 5.42. The number of piperidine rings is 1. The van der Waals surface area contributed by atoms with Crippen LogP contribution in [0, 0.1) is 12.8 Å². The summed E-state index contributed by atoms with van der Waals surface area (Å²) in [5.41, 5.74) is 3.19. The number of hydrogen-bond acceptors (Lipinski definition) is 3. The summed E-state index contributed by atoms with van der Waals surface area (Å²) in [4.78, 5) is 28.5. The van der Waals surface area contributed by atoms with Gasteiger partial charge in [-0.25, -0.2) is 0 Å². The van der Waals surface area contributed by atoms with E-state index in [0.29, 0.717) is 19.6 Å². The fourth-order valence-electron chi connectivity index (χ4n) is 3.66. The number of anilines is 1. The Bertz CT molecular complexity index is 627. The van der Waals surface area contributed by atoms with Crippen molar-refractivity contribution in [2.24, 2.45) is 5.92 Å². The highest BCUT2D eigenvalue weighted by molar-refractivity contribution is 6.40. The van der Waals surface area contributed by atoms with E-state index in [1.807, 2.05) is 25.1 Å². The monoisotopic (exact) mass is 316 g/mol. The SMILES string of the molecule is Cc1cccc2c1CCN2C(=O)C(=O)N1CCCC(C(C)O)C1. The molecule has 2 aliphatic heterocycles. The predicted octanol–water partition coefficient (Wildman–Crippen LogP) is 1.50. The van der Waals surface area contributed by atoms with Crippen molar-refractivity contribution in [1.82, 2.24) is 4.90 Å². The van der Waals surface area contributed by atoms with E-state index in [0.717, 1.165) is 36.1 Å². The van der Waals surface area contributed by atoms with Crippen LogP contribution in [0.3, 0.4) is 0 Å². The zero-order valence-corrected chi connectivity index (χ0v) is 13.8. The zero-order valence-electron chi connectivity index (χ0n) is 13.8. The topological polar surface area (TPSA) is 60.9 Å². The van der Waals surface area contributed by atoms with Crippen LogP contribution in [-0.4, -0.2) is 47.6 Å². The second-order valence-corrected chi connectivity index (χ2v) is 6.67. The van der Waals surface area contributed by atoms with Gasteiger partial charge in [0.2, 0.25) is 0 Å². The first kappa shape index (κ1) is 16.0. The first-order chi connectivity index (χ1) is 11.0. The number of rotatable bonds is 1. The first-order valence-electron chi connectivity index (χ1n) is 8.36. The van der Waals surface area contributed by atoms with Crippen molar-refractivity contribution < 1.29 is 14.7 Å². The van der Waals surface area contributed by atoms with Crippen LogP contribution < -0.4 is 4.90 Å². The van der Waals surface area contributed by atoms with Crippen molar-refractivity contribution in [2.75, 3.05) is 24.5 Å². The largest absolute Gasteiger partial charge is 0.393 e. The van der Waals surface area contributed by atoms with Gasteiger partial charge in [-0.05, 0) is 50.3 Å². The molecule has 0 aliphatic carbocycles. The molecule has 2 aliphatic rings. The van der Waals surface area contributed by atoms with Crippen LogP contribution in [0.15, 0.2) is 18.2 Å². The molecule has 0 saturated carbocycles. The predicted molar refractivity (Wildman–Crippen MR) is 88.2 cm³/mol. The smallest absolute Gasteiger partial charge is 0.316 e. The molecule has 0 radical (unpaired) electrons. The van der Waals surface area contributed by atoms with Crippen molar-refractivity contribution in [3.05, 3.63) is 29.3 Å². The Morgan fingerprint density at radius 1 is 1.26 bits per heavy atom. The van der Waals surface area contributed by atoms with Gasteiger partial charge in [-0.1, -0.05) is 12.1 Å². The lowest BCUT2D eigenvalue weighted by atomic mass is 9.93. The van der Waals surface area contributed by atoms with Crippen molar-refractivity contribution in [3.63, 3.8) is 0 Å². The lowest BCUT2D eigenvalue weighted by Gasteiger charge is -2.34. The van der Waals surface area contributed by atoms with Gasteiger partial charge in [-0.3, -0.25) is 9.59 Å². The molecule has 0 spiro atoms. The van der Waals surface area contributed by atoms with E-state index >= 15 is 0 Å². The quantitative estimate of drug-likeness (QED) is 0.799. The van der Waals surface area contributed by atoms with Gasteiger partial charge in [0.1, 0.15) is 0 Å². The molecular formula is C18H24N2O3. The summed E-state index contributed by atoms with van der Waals surface area (Å²) in [5.74, 6) is -0.820. The summed E-state index contributed by atoms with van der Waals surface area (Å²) in [7, 11) is 0. The van der Waals surface area contributed by atoms with Crippen molar-refractivity contribution in [2.45, 2.75) is 39.2 Å². The maximum Gasteiger partial charge on any atom is 0.316 e. The minimum Gasteiger partial charge on any atom is -0.393 e. The van der Waals surface area contributed by atoms with Gasteiger partial charge in [-0.2, -0.15) is 0 Å². The number of carbonyl (C=O) groups is 2. The molecule has 0 bridgehead atoms. The number of aryl methyl sites for hydroxylation is 1. The Morgan fingerprint density at radius 3 is 2.78 bits per heavy atom. The number of aliphatic hydroxyl groups excluding tert-OH is 1. The van der Waals surface area contributed by atoms with Crippen LogP contribution >= 0.6 is 0 Å². The van der Waals surface area contributed by atoms with Crippen LogP contribution in [0.5, 0.6) is 0 Å². The molecule has 3 rings (SSSR count). The van der Waals surface area contributed by atoms with Crippen LogP contribution in [0.4, 0.5) is 5.69 Å². The Hall–Kier alpha value is -1.88. The second-order valence-electron chi connectivity index (χ2n) is 6.67. The molecule has 2 atom stereocenters. The highest BCUT2D eigenvalue weighted by atomic mass is 16.3. The Labute approximate surface area is 136 Å². The van der Waals surface area contributed by atoms with Gasteiger partial charge in [0.05, 0.1) is 6.10 Å². The molecule has 2 unspecified atom stereocenters. The summed E-state index contributed by atoms with van der Waals surface area (Å²) in [6.07, 6.45) is 2.10. The maximum atomic E-state index is 12.7. The van der Waals surface area contributed by atoms with Gasteiger partial charge >= 0.3 is 11.8 Å². The molecule has 124 valence electrons. The molecule has 1 aromatic carbocycles. The number of amides is 2. The summed E-state index contributed by atoms with van der Waals surface area (Å²) in [6, 6.07) is 5.87.